The molecule has 0 fully saturated rings. The number of ether oxygens (including phenoxy) is 1. The molecule has 1 aromatic heterocycles. The second-order valence-corrected chi connectivity index (χ2v) is 5.07. The Morgan fingerprint density at radius 3 is 2.79 bits per heavy atom. The normalized spacial score (nSPS) is 11.6. The molecule has 0 atom stereocenters. The molecule has 0 radical (unpaired) electrons. The van der Waals surface area contributed by atoms with Gasteiger partial charge in [-0.1, -0.05) is 18.2 Å². The summed E-state index contributed by atoms with van der Waals surface area (Å²) in [5.74, 6) is -0.448. The zero-order chi connectivity index (χ0) is 17.6. The van der Waals surface area contributed by atoms with E-state index in [1.807, 2.05) is 0 Å². The lowest BCUT2D eigenvalue weighted by Gasteiger charge is -2.09. The number of halogens is 3. The van der Waals surface area contributed by atoms with Crippen LogP contribution in [-0.2, 0) is 16.1 Å². The van der Waals surface area contributed by atoms with Gasteiger partial charge in [-0.2, -0.15) is 18.3 Å². The van der Waals surface area contributed by atoms with Crippen LogP contribution in [0.2, 0.25) is 0 Å². The van der Waals surface area contributed by atoms with Crippen molar-refractivity contribution >= 4 is 16.7 Å². The molecule has 0 saturated carbocycles. The van der Waals surface area contributed by atoms with Crippen LogP contribution in [0.3, 0.4) is 0 Å². The Bertz CT molecular complexity index is 759. The van der Waals surface area contributed by atoms with Gasteiger partial charge in [-0.3, -0.25) is 9.59 Å². The molecule has 0 saturated heterocycles. The first kappa shape index (κ1) is 17.9. The highest BCUT2D eigenvalue weighted by atomic mass is 19.4. The largest absolute Gasteiger partial charge is 0.411 e. The van der Waals surface area contributed by atoms with E-state index in [1.165, 1.54) is 6.20 Å². The van der Waals surface area contributed by atoms with Crippen molar-refractivity contribution in [2.75, 3.05) is 19.8 Å². The Labute approximate surface area is 135 Å². The molecule has 1 amide bonds. The van der Waals surface area contributed by atoms with Gasteiger partial charge in [0.05, 0.1) is 11.6 Å². The van der Waals surface area contributed by atoms with Crippen LogP contribution >= 0.6 is 0 Å². The summed E-state index contributed by atoms with van der Waals surface area (Å²) >= 11 is 0. The van der Waals surface area contributed by atoms with Crippen LogP contribution in [0.25, 0.3) is 10.8 Å². The van der Waals surface area contributed by atoms with Gasteiger partial charge >= 0.3 is 6.18 Å². The lowest BCUT2D eigenvalue weighted by molar-refractivity contribution is -0.174. The Morgan fingerprint density at radius 1 is 1.29 bits per heavy atom. The highest BCUT2D eigenvalue weighted by Crippen LogP contribution is 2.14. The number of hydrogen-bond donors (Lipinski definition) is 1. The van der Waals surface area contributed by atoms with Crippen molar-refractivity contribution in [2.24, 2.45) is 0 Å². The zero-order valence-corrected chi connectivity index (χ0v) is 12.7. The molecule has 130 valence electrons. The second-order valence-electron chi connectivity index (χ2n) is 5.07. The van der Waals surface area contributed by atoms with Gasteiger partial charge in [0.2, 0.25) is 5.91 Å². The van der Waals surface area contributed by atoms with E-state index in [9.17, 15) is 22.8 Å². The average molecular weight is 343 g/mol. The minimum Gasteiger partial charge on any atom is -0.372 e. The summed E-state index contributed by atoms with van der Waals surface area (Å²) in [6.45, 7) is -1.53. The molecule has 0 aliphatic carbocycles. The van der Waals surface area contributed by atoms with Crippen LogP contribution in [0.4, 0.5) is 13.2 Å². The maximum absolute atomic E-state index is 12.2. The average Bonchev–Trinajstić information content (AvgIpc) is 2.53. The fourth-order valence-corrected chi connectivity index (χ4v) is 2.02. The van der Waals surface area contributed by atoms with Crippen LogP contribution in [-0.4, -0.2) is 41.6 Å². The fraction of sp³-hybridized carbons (Fsp3) is 0.400. The number of amides is 1. The molecule has 2 rings (SSSR count). The van der Waals surface area contributed by atoms with Crippen LogP contribution in [0, 0.1) is 0 Å². The minimum absolute atomic E-state index is 0.117. The molecule has 1 N–H and O–H groups in total. The number of carbonyl (C=O) groups excluding carboxylic acids is 1. The first-order valence-corrected chi connectivity index (χ1v) is 7.23. The SMILES string of the molecule is O=C(Cn1ncc2ccccc2c1=O)NCCCOCC(F)(F)F. The fourth-order valence-electron chi connectivity index (χ4n) is 2.02. The molecular weight excluding hydrogens is 327 g/mol. The van der Waals surface area contributed by atoms with Crippen molar-refractivity contribution in [1.29, 1.82) is 0 Å². The summed E-state index contributed by atoms with van der Waals surface area (Å²) in [5, 5.41) is 7.57. The van der Waals surface area contributed by atoms with Gasteiger partial charge in [0.25, 0.3) is 5.56 Å². The van der Waals surface area contributed by atoms with E-state index in [1.54, 1.807) is 24.3 Å². The predicted molar refractivity (Wildman–Crippen MR) is 80.5 cm³/mol. The first-order chi connectivity index (χ1) is 11.4. The van der Waals surface area contributed by atoms with Crippen molar-refractivity contribution in [3.05, 3.63) is 40.8 Å². The van der Waals surface area contributed by atoms with Crippen molar-refractivity contribution in [2.45, 2.75) is 19.1 Å². The summed E-state index contributed by atoms with van der Waals surface area (Å²) in [5.41, 5.74) is -0.378. The first-order valence-electron chi connectivity index (χ1n) is 7.23. The topological polar surface area (TPSA) is 73.2 Å². The van der Waals surface area contributed by atoms with Crippen molar-refractivity contribution in [3.63, 3.8) is 0 Å². The number of hydrogen-bond acceptors (Lipinski definition) is 4. The monoisotopic (exact) mass is 343 g/mol. The maximum atomic E-state index is 12.2. The molecule has 0 aliphatic heterocycles. The van der Waals surface area contributed by atoms with Gasteiger partial charge in [-0.25, -0.2) is 4.68 Å². The van der Waals surface area contributed by atoms with E-state index in [-0.39, 0.29) is 31.7 Å². The van der Waals surface area contributed by atoms with Crippen LogP contribution in [0.5, 0.6) is 0 Å². The molecule has 0 spiro atoms. The minimum atomic E-state index is -4.35. The molecule has 0 bridgehead atoms. The van der Waals surface area contributed by atoms with E-state index >= 15 is 0 Å². The van der Waals surface area contributed by atoms with Gasteiger partial charge < -0.3 is 10.1 Å². The molecule has 1 heterocycles. The number of benzene rings is 1. The third kappa shape index (κ3) is 5.34. The number of fused-ring (bicyclic) bond motifs is 1. The lowest BCUT2D eigenvalue weighted by atomic mass is 10.2. The number of carbonyl (C=O) groups is 1. The van der Waals surface area contributed by atoms with Crippen LogP contribution < -0.4 is 10.9 Å². The molecule has 0 aliphatic rings. The zero-order valence-electron chi connectivity index (χ0n) is 12.7. The van der Waals surface area contributed by atoms with Gasteiger partial charge in [-0.15, -0.1) is 0 Å². The number of nitrogens with one attached hydrogen (secondary N) is 1. The standard InChI is InChI=1S/C15H16F3N3O3/c16-15(17,18)10-24-7-3-6-19-13(22)9-21-14(23)12-5-2-1-4-11(12)8-20-21/h1-2,4-5,8H,3,6-7,9-10H2,(H,19,22). The van der Waals surface area contributed by atoms with Gasteiger partial charge in [0, 0.05) is 18.5 Å². The molecule has 9 heteroatoms. The summed E-state index contributed by atoms with van der Waals surface area (Å²) in [6, 6.07) is 6.89. The molecule has 1 aromatic carbocycles. The molecule has 0 unspecified atom stereocenters. The van der Waals surface area contributed by atoms with Gasteiger partial charge in [-0.05, 0) is 12.5 Å². The van der Waals surface area contributed by atoms with Crippen molar-refractivity contribution in [3.8, 4) is 0 Å². The smallest absolute Gasteiger partial charge is 0.372 e. The Kier molecular flexibility index (Phi) is 5.91. The number of aromatic nitrogens is 2. The molecule has 6 nitrogen and oxygen atoms in total. The lowest BCUT2D eigenvalue weighted by Crippen LogP contribution is -2.34. The summed E-state index contributed by atoms with van der Waals surface area (Å²) in [6.07, 6.45) is -2.62. The van der Waals surface area contributed by atoms with Gasteiger partial charge in [0.1, 0.15) is 13.2 Å². The number of nitrogens with zero attached hydrogens (tertiary/aromatic N) is 2. The van der Waals surface area contributed by atoms with Crippen LogP contribution in [0.15, 0.2) is 35.3 Å². The van der Waals surface area contributed by atoms with Gasteiger partial charge in [0.15, 0.2) is 0 Å². The molecular formula is C15H16F3N3O3. The third-order valence-electron chi connectivity index (χ3n) is 3.11. The molecule has 24 heavy (non-hydrogen) atoms. The van der Waals surface area contributed by atoms with Crippen molar-refractivity contribution in [1.82, 2.24) is 15.1 Å². The maximum Gasteiger partial charge on any atom is 0.411 e. The highest BCUT2D eigenvalue weighted by molar-refractivity contribution is 5.81. The second kappa shape index (κ2) is 7.91. The number of rotatable bonds is 7. The third-order valence-corrected chi connectivity index (χ3v) is 3.11. The Balaban J connectivity index is 1.79. The molecule has 2 aromatic rings. The quantitative estimate of drug-likeness (QED) is 0.773. The van der Waals surface area contributed by atoms with E-state index in [2.05, 4.69) is 15.2 Å². The predicted octanol–water partition coefficient (Wildman–Crippen LogP) is 1.48. The summed E-state index contributed by atoms with van der Waals surface area (Å²) in [7, 11) is 0. The van der Waals surface area contributed by atoms with E-state index in [0.29, 0.717) is 10.8 Å². The van der Waals surface area contributed by atoms with E-state index < -0.39 is 18.7 Å². The summed E-state index contributed by atoms with van der Waals surface area (Å²) in [4.78, 5) is 23.9. The number of alkyl halides is 3. The Morgan fingerprint density at radius 2 is 2.04 bits per heavy atom. The van der Waals surface area contributed by atoms with Crippen molar-refractivity contribution < 1.29 is 22.7 Å². The van der Waals surface area contributed by atoms with Crippen LogP contribution in [0.1, 0.15) is 6.42 Å². The van der Waals surface area contributed by atoms with E-state index in [4.69, 9.17) is 0 Å². The van der Waals surface area contributed by atoms with E-state index in [0.717, 1.165) is 4.68 Å². The Hall–Kier alpha value is -2.42. The highest BCUT2D eigenvalue weighted by Gasteiger charge is 2.27. The summed E-state index contributed by atoms with van der Waals surface area (Å²) < 4.78 is 41.0.